The van der Waals surface area contributed by atoms with E-state index in [2.05, 4.69) is 0 Å². The Hall–Kier alpha value is -0.240. The molecule has 0 spiro atoms. The van der Waals surface area contributed by atoms with Gasteiger partial charge in [-0.25, -0.2) is 0 Å². The fraction of sp³-hybridized carbons (Fsp3) is 0.917. The molecule has 0 radical (unpaired) electrons. The molecule has 0 aromatic rings. The molecule has 4 rings (SSSR count). The normalized spacial score (nSPS) is 52.1. The molecule has 15 heavy (non-hydrogen) atoms. The van der Waals surface area contributed by atoms with Crippen molar-refractivity contribution in [2.24, 2.45) is 29.4 Å². The smallest absolute Gasteiger partial charge is 0.0908 e. The van der Waals surface area contributed by atoms with Crippen LogP contribution in [-0.4, -0.2) is 10.7 Å². The average Bonchev–Trinajstić information content (AvgIpc) is 2.08. The monoisotopic (exact) mass is 226 g/mol. The topological polar surface area (TPSA) is 49.9 Å². The molecule has 0 aliphatic heterocycles. The van der Waals surface area contributed by atoms with Crippen molar-refractivity contribution in [2.75, 3.05) is 0 Å². The van der Waals surface area contributed by atoms with Gasteiger partial charge in [-0.3, -0.25) is 5.41 Å². The lowest BCUT2D eigenvalue weighted by molar-refractivity contribution is -0.0206. The second kappa shape index (κ2) is 3.13. The van der Waals surface area contributed by atoms with E-state index >= 15 is 0 Å². The molecule has 2 unspecified atom stereocenters. The van der Waals surface area contributed by atoms with Gasteiger partial charge in [0.15, 0.2) is 0 Å². The summed E-state index contributed by atoms with van der Waals surface area (Å²) in [5.41, 5.74) is 5.56. The summed E-state index contributed by atoms with van der Waals surface area (Å²) in [7, 11) is 0. The quantitative estimate of drug-likeness (QED) is 0.425. The summed E-state index contributed by atoms with van der Waals surface area (Å²) >= 11 is 6.65. The maximum atomic E-state index is 7.46. The molecule has 2 nitrogen and oxygen atoms in total. The van der Waals surface area contributed by atoms with Gasteiger partial charge in [0.25, 0.3) is 0 Å². The van der Waals surface area contributed by atoms with Crippen molar-refractivity contribution >= 4 is 17.4 Å². The summed E-state index contributed by atoms with van der Waals surface area (Å²) in [4.78, 5) is 0.129. The molecule has 4 fully saturated rings. The van der Waals surface area contributed by atoms with Gasteiger partial charge in [0.1, 0.15) is 0 Å². The first kappa shape index (κ1) is 9.95. The highest BCUT2D eigenvalue weighted by molar-refractivity contribution is 6.24. The maximum absolute atomic E-state index is 7.46. The lowest BCUT2D eigenvalue weighted by Crippen LogP contribution is -2.52. The average molecular weight is 227 g/mol. The molecular weight excluding hydrogens is 208 g/mol. The number of hydrogen-bond acceptors (Lipinski definition) is 1. The van der Waals surface area contributed by atoms with Crippen LogP contribution in [0.2, 0.25) is 0 Å². The summed E-state index contributed by atoms with van der Waals surface area (Å²) in [6, 6.07) is 0. The third-order valence-electron chi connectivity index (χ3n) is 4.85. The fourth-order valence-corrected chi connectivity index (χ4v) is 5.23. The first-order valence-electron chi connectivity index (χ1n) is 6.07. The Morgan fingerprint density at radius 1 is 1.27 bits per heavy atom. The molecule has 0 aromatic carbocycles. The van der Waals surface area contributed by atoms with Crippen LogP contribution in [0.4, 0.5) is 0 Å². The van der Waals surface area contributed by atoms with Crippen molar-refractivity contribution in [1.29, 1.82) is 5.41 Å². The number of halogens is 1. The maximum Gasteiger partial charge on any atom is 0.0908 e. The summed E-state index contributed by atoms with van der Waals surface area (Å²) in [5.74, 6) is 3.44. The molecule has 3 N–H and O–H groups in total. The summed E-state index contributed by atoms with van der Waals surface area (Å²) in [5, 5.41) is 7.46. The Morgan fingerprint density at radius 3 is 2.33 bits per heavy atom. The molecule has 2 atom stereocenters. The first-order valence-corrected chi connectivity index (χ1v) is 6.45. The summed E-state index contributed by atoms with van der Waals surface area (Å²) < 4.78 is 0. The highest BCUT2D eigenvalue weighted by atomic mass is 35.5. The molecule has 84 valence electrons. The lowest BCUT2D eigenvalue weighted by Gasteiger charge is -2.58. The molecular formula is C12H19ClN2. The predicted molar refractivity (Wildman–Crippen MR) is 62.2 cm³/mol. The molecule has 4 saturated carbocycles. The van der Waals surface area contributed by atoms with E-state index in [-0.39, 0.29) is 4.87 Å². The van der Waals surface area contributed by atoms with E-state index in [0.717, 1.165) is 24.2 Å². The zero-order chi connectivity index (χ0) is 10.6. The zero-order valence-electron chi connectivity index (χ0n) is 9.01. The number of hydrogen-bond donors (Lipinski definition) is 2. The van der Waals surface area contributed by atoms with Crippen LogP contribution in [0.5, 0.6) is 0 Å². The molecule has 4 bridgehead atoms. The number of nitrogens with two attached hydrogens (primary N) is 1. The molecule has 0 heterocycles. The predicted octanol–water partition coefficient (Wildman–Crippen LogP) is 2.75. The van der Waals surface area contributed by atoms with Crippen LogP contribution in [0.1, 0.15) is 38.5 Å². The standard InChI is InChI=1S/C12H19ClN2/c13-12-4-7-1-8(5-12)10(3-11(14)15)9(2-7)6-12/h7-10H,1-6H2,(H3,14,15). The number of nitrogens with one attached hydrogen (secondary N) is 1. The molecule has 4 aliphatic rings. The van der Waals surface area contributed by atoms with Gasteiger partial charge < -0.3 is 5.73 Å². The van der Waals surface area contributed by atoms with Gasteiger partial charge in [0, 0.05) is 11.3 Å². The minimum atomic E-state index is 0.129. The van der Waals surface area contributed by atoms with Gasteiger partial charge in [-0.15, -0.1) is 11.6 Å². The number of amidine groups is 1. The van der Waals surface area contributed by atoms with Crippen LogP contribution in [-0.2, 0) is 0 Å². The molecule has 0 saturated heterocycles. The van der Waals surface area contributed by atoms with E-state index < -0.39 is 0 Å². The van der Waals surface area contributed by atoms with Crippen LogP contribution in [0.25, 0.3) is 0 Å². The van der Waals surface area contributed by atoms with Crippen molar-refractivity contribution in [1.82, 2.24) is 0 Å². The number of rotatable bonds is 2. The van der Waals surface area contributed by atoms with Crippen LogP contribution < -0.4 is 5.73 Å². The van der Waals surface area contributed by atoms with Crippen LogP contribution in [0.15, 0.2) is 0 Å². The minimum Gasteiger partial charge on any atom is -0.388 e. The van der Waals surface area contributed by atoms with E-state index in [4.69, 9.17) is 22.7 Å². The van der Waals surface area contributed by atoms with Crippen molar-refractivity contribution < 1.29 is 0 Å². The van der Waals surface area contributed by atoms with E-state index in [9.17, 15) is 0 Å². The van der Waals surface area contributed by atoms with Crippen LogP contribution >= 0.6 is 11.6 Å². The second-order valence-corrected chi connectivity index (χ2v) is 6.82. The highest BCUT2D eigenvalue weighted by Gasteiger charge is 2.54. The van der Waals surface area contributed by atoms with Gasteiger partial charge in [-0.1, -0.05) is 0 Å². The summed E-state index contributed by atoms with van der Waals surface area (Å²) in [6.07, 6.45) is 7.12. The summed E-state index contributed by atoms with van der Waals surface area (Å²) in [6.45, 7) is 0. The Morgan fingerprint density at radius 2 is 1.87 bits per heavy atom. The van der Waals surface area contributed by atoms with E-state index in [1.165, 1.54) is 32.1 Å². The minimum absolute atomic E-state index is 0.129. The Kier molecular flexibility index (Phi) is 2.08. The largest absolute Gasteiger partial charge is 0.388 e. The fourth-order valence-electron chi connectivity index (χ4n) is 4.62. The van der Waals surface area contributed by atoms with Crippen molar-refractivity contribution in [3.63, 3.8) is 0 Å². The van der Waals surface area contributed by atoms with E-state index in [1.807, 2.05) is 0 Å². The lowest BCUT2D eigenvalue weighted by atomic mass is 9.51. The van der Waals surface area contributed by atoms with E-state index in [0.29, 0.717) is 11.8 Å². The van der Waals surface area contributed by atoms with Gasteiger partial charge >= 0.3 is 0 Å². The Bertz CT molecular complexity index is 286. The van der Waals surface area contributed by atoms with E-state index in [1.54, 1.807) is 0 Å². The van der Waals surface area contributed by atoms with Gasteiger partial charge in [-0.2, -0.15) is 0 Å². The Balaban J connectivity index is 1.82. The van der Waals surface area contributed by atoms with Crippen molar-refractivity contribution in [2.45, 2.75) is 43.4 Å². The van der Waals surface area contributed by atoms with Crippen molar-refractivity contribution in [3.05, 3.63) is 0 Å². The SMILES string of the molecule is N=C(N)CC1C2CC3CC1CC(Cl)(C3)C2. The third kappa shape index (κ3) is 1.57. The molecule has 0 amide bonds. The Labute approximate surface area is 96.1 Å². The van der Waals surface area contributed by atoms with Gasteiger partial charge in [-0.05, 0) is 55.8 Å². The third-order valence-corrected chi connectivity index (χ3v) is 5.31. The van der Waals surface area contributed by atoms with Gasteiger partial charge in [0.05, 0.1) is 5.84 Å². The zero-order valence-corrected chi connectivity index (χ0v) is 9.76. The highest BCUT2D eigenvalue weighted by Crippen LogP contribution is 2.61. The van der Waals surface area contributed by atoms with Crippen LogP contribution in [0, 0.1) is 29.1 Å². The van der Waals surface area contributed by atoms with Gasteiger partial charge in [0.2, 0.25) is 0 Å². The molecule has 0 aromatic heterocycles. The second-order valence-electron chi connectivity index (χ2n) is 6.01. The number of alkyl halides is 1. The molecule has 4 aliphatic carbocycles. The molecule has 3 heteroatoms. The van der Waals surface area contributed by atoms with Crippen LogP contribution in [0.3, 0.4) is 0 Å². The first-order chi connectivity index (χ1) is 7.06. The van der Waals surface area contributed by atoms with Crippen molar-refractivity contribution in [3.8, 4) is 0 Å².